The van der Waals surface area contributed by atoms with Gasteiger partial charge in [0.15, 0.2) is 0 Å². The van der Waals surface area contributed by atoms with Crippen LogP contribution in [0.2, 0.25) is 0 Å². The first kappa shape index (κ1) is 14.8. The fourth-order valence-corrected chi connectivity index (χ4v) is 2.35. The minimum absolute atomic E-state index is 0.236. The number of halogens is 1. The van der Waals surface area contributed by atoms with Gasteiger partial charge < -0.3 is 10.1 Å². The number of rotatable bonds is 4. The molecule has 2 aromatic carbocycles. The predicted molar refractivity (Wildman–Crippen MR) is 87.3 cm³/mol. The molecule has 1 N–H and O–H groups in total. The normalized spacial score (nSPS) is 10.3. The van der Waals surface area contributed by atoms with Crippen LogP contribution in [-0.4, -0.2) is 11.6 Å². The average molecular weight is 307 g/mol. The van der Waals surface area contributed by atoms with Crippen molar-refractivity contribution in [2.45, 2.75) is 6.92 Å². The van der Waals surface area contributed by atoms with Gasteiger partial charge in [-0.05, 0) is 37.3 Å². The number of nitrogens with zero attached hydrogens (tertiary/aromatic N) is 2. The Balaban J connectivity index is 2.04. The van der Waals surface area contributed by atoms with Crippen LogP contribution in [0.15, 0.2) is 48.7 Å². The average Bonchev–Trinajstić information content (AvgIpc) is 2.57. The summed E-state index contributed by atoms with van der Waals surface area (Å²) in [7, 11) is 0. The molecule has 0 atom stereocenters. The maximum Gasteiger partial charge on any atom is 0.149 e. The lowest BCUT2D eigenvalue weighted by Crippen LogP contribution is -1.98. The largest absolute Gasteiger partial charge is 0.494 e. The van der Waals surface area contributed by atoms with Crippen molar-refractivity contribution in [2.75, 3.05) is 11.9 Å². The smallest absolute Gasteiger partial charge is 0.149 e. The molecule has 0 radical (unpaired) electrons. The molecular formula is C18H14FN3O. The number of nitrogens with one attached hydrogen (secondary N) is 1. The van der Waals surface area contributed by atoms with Crippen molar-refractivity contribution < 1.29 is 9.13 Å². The molecule has 0 spiro atoms. The fourth-order valence-electron chi connectivity index (χ4n) is 2.35. The SMILES string of the molecule is CCOc1ccc(Nc2c(C#N)cnc3c(F)cccc23)cc1. The molecule has 0 amide bonds. The van der Waals surface area contributed by atoms with Crippen LogP contribution in [0.1, 0.15) is 12.5 Å². The Hall–Kier alpha value is -3.13. The molecule has 0 aliphatic carbocycles. The van der Waals surface area contributed by atoms with Crippen LogP contribution >= 0.6 is 0 Å². The Kier molecular flexibility index (Phi) is 4.07. The van der Waals surface area contributed by atoms with Crippen molar-refractivity contribution in [2.24, 2.45) is 0 Å². The van der Waals surface area contributed by atoms with Crippen LogP contribution in [0.5, 0.6) is 5.75 Å². The van der Waals surface area contributed by atoms with Crippen molar-refractivity contribution in [3.8, 4) is 11.8 Å². The van der Waals surface area contributed by atoms with Crippen LogP contribution in [0.3, 0.4) is 0 Å². The van der Waals surface area contributed by atoms with Gasteiger partial charge in [-0.15, -0.1) is 0 Å². The first-order valence-electron chi connectivity index (χ1n) is 7.20. The van der Waals surface area contributed by atoms with Gasteiger partial charge in [0.25, 0.3) is 0 Å². The van der Waals surface area contributed by atoms with E-state index in [1.807, 2.05) is 31.2 Å². The van der Waals surface area contributed by atoms with E-state index in [0.717, 1.165) is 11.4 Å². The molecule has 3 rings (SSSR count). The lowest BCUT2D eigenvalue weighted by molar-refractivity contribution is 0.340. The summed E-state index contributed by atoms with van der Waals surface area (Å²) >= 11 is 0. The van der Waals surface area contributed by atoms with Gasteiger partial charge in [0.1, 0.15) is 23.2 Å². The summed E-state index contributed by atoms with van der Waals surface area (Å²) in [5.41, 5.74) is 1.92. The highest BCUT2D eigenvalue weighted by molar-refractivity contribution is 5.95. The number of fused-ring (bicyclic) bond motifs is 1. The zero-order valence-electron chi connectivity index (χ0n) is 12.5. The first-order valence-corrected chi connectivity index (χ1v) is 7.20. The predicted octanol–water partition coefficient (Wildman–Crippen LogP) is 4.39. The molecule has 0 aliphatic heterocycles. The Morgan fingerprint density at radius 2 is 2.00 bits per heavy atom. The number of nitriles is 1. The molecule has 0 unspecified atom stereocenters. The Labute approximate surface area is 133 Å². The fraction of sp³-hybridized carbons (Fsp3) is 0.111. The molecule has 5 heteroatoms. The lowest BCUT2D eigenvalue weighted by Gasteiger charge is -2.12. The topological polar surface area (TPSA) is 57.9 Å². The molecule has 1 heterocycles. The quantitative estimate of drug-likeness (QED) is 0.776. The minimum atomic E-state index is -0.415. The number of hydrogen-bond donors (Lipinski definition) is 1. The van der Waals surface area contributed by atoms with Crippen molar-refractivity contribution in [3.05, 3.63) is 60.0 Å². The van der Waals surface area contributed by atoms with E-state index in [0.29, 0.717) is 23.2 Å². The molecule has 4 nitrogen and oxygen atoms in total. The van der Waals surface area contributed by atoms with Crippen LogP contribution < -0.4 is 10.1 Å². The second-order valence-corrected chi connectivity index (χ2v) is 4.88. The highest BCUT2D eigenvalue weighted by Crippen LogP contribution is 2.30. The van der Waals surface area contributed by atoms with Gasteiger partial charge in [-0.25, -0.2) is 4.39 Å². The Morgan fingerprint density at radius 1 is 1.22 bits per heavy atom. The molecular weight excluding hydrogens is 293 g/mol. The highest BCUT2D eigenvalue weighted by atomic mass is 19.1. The molecule has 0 bridgehead atoms. The molecule has 23 heavy (non-hydrogen) atoms. The molecule has 0 saturated heterocycles. The zero-order chi connectivity index (χ0) is 16.2. The van der Waals surface area contributed by atoms with Gasteiger partial charge in [-0.3, -0.25) is 4.98 Å². The van der Waals surface area contributed by atoms with Crippen LogP contribution in [0.4, 0.5) is 15.8 Å². The highest BCUT2D eigenvalue weighted by Gasteiger charge is 2.11. The third-order valence-electron chi connectivity index (χ3n) is 3.40. The van der Waals surface area contributed by atoms with Gasteiger partial charge >= 0.3 is 0 Å². The van der Waals surface area contributed by atoms with Gasteiger partial charge in [-0.1, -0.05) is 12.1 Å². The molecule has 0 aliphatic rings. The summed E-state index contributed by atoms with van der Waals surface area (Å²) in [6.07, 6.45) is 1.38. The van der Waals surface area contributed by atoms with E-state index in [4.69, 9.17) is 4.74 Å². The monoisotopic (exact) mass is 307 g/mol. The second kappa shape index (κ2) is 6.32. The van der Waals surface area contributed by atoms with Gasteiger partial charge in [0.05, 0.1) is 17.9 Å². The summed E-state index contributed by atoms with van der Waals surface area (Å²) in [4.78, 5) is 4.03. The Bertz CT molecular complexity index is 885. The van der Waals surface area contributed by atoms with Crippen molar-refractivity contribution in [1.29, 1.82) is 5.26 Å². The molecule has 0 saturated carbocycles. The van der Waals surface area contributed by atoms with Crippen molar-refractivity contribution >= 4 is 22.3 Å². The summed E-state index contributed by atoms with van der Waals surface area (Å²) < 4.78 is 19.3. The molecule has 3 aromatic rings. The van der Waals surface area contributed by atoms with Crippen molar-refractivity contribution in [3.63, 3.8) is 0 Å². The van der Waals surface area contributed by atoms with Crippen LogP contribution in [-0.2, 0) is 0 Å². The molecule has 0 fully saturated rings. The number of ether oxygens (including phenoxy) is 1. The number of aromatic nitrogens is 1. The standard InChI is InChI=1S/C18H14FN3O/c1-2-23-14-8-6-13(7-9-14)22-17-12(10-20)11-21-18-15(17)4-3-5-16(18)19/h3-9,11H,2H2,1H3,(H,21,22). The van der Waals surface area contributed by atoms with E-state index in [-0.39, 0.29) is 5.52 Å². The maximum absolute atomic E-state index is 13.9. The lowest BCUT2D eigenvalue weighted by atomic mass is 10.1. The maximum atomic E-state index is 13.9. The summed E-state index contributed by atoms with van der Waals surface area (Å²) in [5, 5.41) is 13.0. The van der Waals surface area contributed by atoms with E-state index in [1.165, 1.54) is 12.3 Å². The third kappa shape index (κ3) is 2.92. The zero-order valence-corrected chi connectivity index (χ0v) is 12.5. The van der Waals surface area contributed by atoms with E-state index in [1.54, 1.807) is 12.1 Å². The number of hydrogen-bond acceptors (Lipinski definition) is 4. The van der Waals surface area contributed by atoms with Crippen LogP contribution in [0.25, 0.3) is 10.9 Å². The summed E-state index contributed by atoms with van der Waals surface area (Å²) in [5.74, 6) is 0.353. The van der Waals surface area contributed by atoms with Crippen LogP contribution in [0, 0.1) is 17.1 Å². The second-order valence-electron chi connectivity index (χ2n) is 4.88. The van der Waals surface area contributed by atoms with E-state index >= 15 is 0 Å². The van der Waals surface area contributed by atoms with Crippen molar-refractivity contribution in [1.82, 2.24) is 4.98 Å². The minimum Gasteiger partial charge on any atom is -0.494 e. The van der Waals surface area contributed by atoms with E-state index in [2.05, 4.69) is 16.4 Å². The molecule has 1 aromatic heterocycles. The van der Waals surface area contributed by atoms with E-state index < -0.39 is 5.82 Å². The summed E-state index contributed by atoms with van der Waals surface area (Å²) in [6.45, 7) is 2.52. The number of pyridine rings is 1. The molecule has 114 valence electrons. The van der Waals surface area contributed by atoms with E-state index in [9.17, 15) is 9.65 Å². The van der Waals surface area contributed by atoms with Gasteiger partial charge in [0, 0.05) is 17.3 Å². The number of para-hydroxylation sites is 1. The van der Waals surface area contributed by atoms with Gasteiger partial charge in [-0.2, -0.15) is 5.26 Å². The number of benzene rings is 2. The summed E-state index contributed by atoms with van der Waals surface area (Å²) in [6, 6.07) is 14.1. The number of anilines is 2. The Morgan fingerprint density at radius 3 is 2.70 bits per heavy atom. The third-order valence-corrected chi connectivity index (χ3v) is 3.40. The first-order chi connectivity index (χ1) is 11.2. The van der Waals surface area contributed by atoms with Gasteiger partial charge in [0.2, 0.25) is 0 Å².